The molecule has 2 heterocycles. The lowest BCUT2D eigenvalue weighted by Crippen LogP contribution is -2.56. The quantitative estimate of drug-likeness (QED) is 0.0757. The van der Waals surface area contributed by atoms with Gasteiger partial charge in [0.15, 0.2) is 11.5 Å². The van der Waals surface area contributed by atoms with Gasteiger partial charge in [0.05, 0.1) is 32.2 Å². The van der Waals surface area contributed by atoms with Gasteiger partial charge in [-0.05, 0) is 46.5 Å². The molecule has 0 saturated heterocycles. The molecule has 0 aliphatic rings. The van der Waals surface area contributed by atoms with Gasteiger partial charge < -0.3 is 24.5 Å². The largest absolute Gasteiger partial charge is 0.464 e. The Bertz CT molecular complexity index is 1210. The first-order valence-electron chi connectivity index (χ1n) is 16.4. The molecule has 0 fully saturated rings. The van der Waals surface area contributed by atoms with Crippen molar-refractivity contribution in [3.63, 3.8) is 0 Å². The molecular formula is C31H56N7O6P. The Kier molecular flexibility index (Phi) is 15.9. The molecule has 0 aliphatic heterocycles. The van der Waals surface area contributed by atoms with E-state index in [0.717, 1.165) is 51.4 Å². The third-order valence-corrected chi connectivity index (χ3v) is 10.3. The number of fused-ring (bicyclic) bond motifs is 1. The molecule has 0 radical (unpaired) electrons. The van der Waals surface area contributed by atoms with Crippen LogP contribution in [0.5, 0.6) is 0 Å². The molecule has 2 aromatic rings. The van der Waals surface area contributed by atoms with E-state index in [4.69, 9.17) is 19.9 Å². The summed E-state index contributed by atoms with van der Waals surface area (Å²) in [7, 11) is -3.80. The maximum atomic E-state index is 14.7. The molecule has 0 amide bonds. The third kappa shape index (κ3) is 11.6. The Hall–Kier alpha value is -2.60. The zero-order chi connectivity index (χ0) is 33.5. The number of hydrogen-bond donors (Lipinski definition) is 3. The standard InChI is InChI=1S/C31H56N7O6P/c1-8-12-14-16-18-42-28(39)30(6,10-3)36-45(41,37-31(7,11-4)29(40)43-19-17-15-13-9-2)23-44-24(5)20-38-22-35-25-26(32)33-21-34-27(25)38/h21-22,24H,8-20,23H2,1-7H3,(H2,32,33,34)(H2,36,37,41)/t24-,30+,31?,45?/m1/s1. The molecule has 0 bridgehead atoms. The molecule has 4 atom stereocenters. The number of nitrogens with one attached hydrogen (secondary N) is 2. The lowest BCUT2D eigenvalue weighted by Gasteiger charge is -2.37. The fourth-order valence-corrected chi connectivity index (χ4v) is 7.47. The number of nitrogens with zero attached hydrogens (tertiary/aromatic N) is 4. The van der Waals surface area contributed by atoms with E-state index in [1.165, 1.54) is 6.33 Å². The molecule has 0 aliphatic carbocycles. The first-order valence-corrected chi connectivity index (χ1v) is 18.3. The van der Waals surface area contributed by atoms with Gasteiger partial charge in [-0.15, -0.1) is 0 Å². The average Bonchev–Trinajstić information content (AvgIpc) is 3.43. The van der Waals surface area contributed by atoms with Crippen LogP contribution in [-0.2, 0) is 34.9 Å². The molecule has 0 aromatic carbocycles. The maximum Gasteiger partial charge on any atom is 0.326 e. The van der Waals surface area contributed by atoms with Crippen molar-refractivity contribution in [2.24, 2.45) is 0 Å². The molecular weight excluding hydrogens is 597 g/mol. The summed E-state index contributed by atoms with van der Waals surface area (Å²) in [5.74, 6) is -0.733. The van der Waals surface area contributed by atoms with E-state index in [0.29, 0.717) is 30.6 Å². The van der Waals surface area contributed by atoms with Crippen LogP contribution in [-0.4, -0.2) is 68.2 Å². The van der Waals surface area contributed by atoms with Gasteiger partial charge in [-0.2, -0.15) is 0 Å². The van der Waals surface area contributed by atoms with Crippen LogP contribution in [0.3, 0.4) is 0 Å². The number of nitrogens with two attached hydrogens (primary N) is 1. The van der Waals surface area contributed by atoms with Crippen LogP contribution in [0.15, 0.2) is 12.7 Å². The minimum absolute atomic E-state index is 0.275. The molecule has 2 rings (SSSR count). The normalized spacial score (nSPS) is 16.4. The van der Waals surface area contributed by atoms with Crippen molar-refractivity contribution in [1.82, 2.24) is 29.7 Å². The lowest BCUT2D eigenvalue weighted by molar-refractivity contribution is -0.150. The first-order chi connectivity index (χ1) is 21.4. The second-order valence-electron chi connectivity index (χ2n) is 12.2. The van der Waals surface area contributed by atoms with Crippen molar-refractivity contribution < 1.29 is 28.4 Å². The number of hydrogen-bond acceptors (Lipinski definition) is 10. The highest BCUT2D eigenvalue weighted by Gasteiger charge is 2.45. The van der Waals surface area contributed by atoms with Crippen molar-refractivity contribution in [2.75, 3.05) is 25.3 Å². The first kappa shape index (κ1) is 38.6. The number of rotatable bonds is 23. The van der Waals surface area contributed by atoms with E-state index in [1.54, 1.807) is 24.7 Å². The van der Waals surface area contributed by atoms with Crippen LogP contribution < -0.4 is 15.9 Å². The third-order valence-electron chi connectivity index (χ3n) is 8.06. The predicted octanol–water partition coefficient (Wildman–Crippen LogP) is 5.73. The molecule has 256 valence electrons. The number of aromatic nitrogens is 4. The number of unbranched alkanes of at least 4 members (excludes halogenated alkanes) is 6. The summed E-state index contributed by atoms with van der Waals surface area (Å²) in [6.45, 7) is 13.9. The molecule has 0 spiro atoms. The zero-order valence-corrected chi connectivity index (χ0v) is 29.3. The van der Waals surface area contributed by atoms with Gasteiger partial charge in [-0.1, -0.05) is 66.2 Å². The van der Waals surface area contributed by atoms with Gasteiger partial charge in [0.1, 0.15) is 29.3 Å². The van der Waals surface area contributed by atoms with Crippen LogP contribution in [0, 0.1) is 0 Å². The Morgan fingerprint density at radius 3 is 1.91 bits per heavy atom. The highest BCUT2D eigenvalue weighted by molar-refractivity contribution is 7.59. The second kappa shape index (κ2) is 18.5. The van der Waals surface area contributed by atoms with Gasteiger partial charge >= 0.3 is 11.9 Å². The molecule has 2 aromatic heterocycles. The predicted molar refractivity (Wildman–Crippen MR) is 177 cm³/mol. The van der Waals surface area contributed by atoms with Crippen LogP contribution in [0.25, 0.3) is 11.2 Å². The minimum atomic E-state index is -3.80. The summed E-state index contributed by atoms with van der Waals surface area (Å²) in [5.41, 5.74) is 4.37. The van der Waals surface area contributed by atoms with E-state index in [9.17, 15) is 14.2 Å². The smallest absolute Gasteiger partial charge is 0.326 e. The van der Waals surface area contributed by atoms with Gasteiger partial charge in [0, 0.05) is 0 Å². The van der Waals surface area contributed by atoms with Crippen molar-refractivity contribution in [3.8, 4) is 0 Å². The van der Waals surface area contributed by atoms with Crippen LogP contribution in [0.2, 0.25) is 0 Å². The van der Waals surface area contributed by atoms with Gasteiger partial charge in [-0.25, -0.2) is 25.1 Å². The molecule has 4 N–H and O–H groups in total. The number of nitrogen functional groups attached to an aromatic ring is 1. The van der Waals surface area contributed by atoms with Gasteiger partial charge in [-0.3, -0.25) is 14.2 Å². The number of carbonyl (C=O) groups excluding carboxylic acids is 2. The summed E-state index contributed by atoms with van der Waals surface area (Å²) in [6, 6.07) is 0. The van der Waals surface area contributed by atoms with Crippen molar-refractivity contribution in [2.45, 2.75) is 136 Å². The summed E-state index contributed by atoms with van der Waals surface area (Å²) in [6.07, 6.45) is 10.5. The second-order valence-corrected chi connectivity index (χ2v) is 14.3. The zero-order valence-electron chi connectivity index (χ0n) is 28.4. The molecule has 14 heteroatoms. The Morgan fingerprint density at radius 1 is 0.889 bits per heavy atom. The monoisotopic (exact) mass is 653 g/mol. The van der Waals surface area contributed by atoms with Crippen molar-refractivity contribution in [3.05, 3.63) is 12.7 Å². The average molecular weight is 654 g/mol. The molecule has 2 unspecified atom stereocenters. The molecule has 13 nitrogen and oxygen atoms in total. The van der Waals surface area contributed by atoms with Crippen LogP contribution in [0.1, 0.15) is 113 Å². The van der Waals surface area contributed by atoms with E-state index < -0.39 is 36.6 Å². The summed E-state index contributed by atoms with van der Waals surface area (Å²) >= 11 is 0. The number of esters is 2. The number of imidazole rings is 1. The number of anilines is 1. The molecule has 0 saturated carbocycles. The lowest BCUT2D eigenvalue weighted by atomic mass is 10.0. The van der Waals surface area contributed by atoms with E-state index in [-0.39, 0.29) is 25.4 Å². The number of carbonyl (C=O) groups is 2. The topological polar surface area (TPSA) is 173 Å². The minimum Gasteiger partial charge on any atom is -0.464 e. The van der Waals surface area contributed by atoms with Crippen LogP contribution in [0.4, 0.5) is 5.82 Å². The fourth-order valence-electron chi connectivity index (χ4n) is 4.73. The summed E-state index contributed by atoms with van der Waals surface area (Å²) in [4.78, 5) is 39.2. The van der Waals surface area contributed by atoms with Gasteiger partial charge in [0.25, 0.3) is 0 Å². The Morgan fingerprint density at radius 2 is 1.42 bits per heavy atom. The Labute approximate surface area is 268 Å². The summed E-state index contributed by atoms with van der Waals surface area (Å²) < 4.78 is 33.9. The number of ether oxygens (including phenoxy) is 3. The van der Waals surface area contributed by atoms with Crippen molar-refractivity contribution >= 4 is 36.4 Å². The fraction of sp³-hybridized carbons (Fsp3) is 0.774. The van der Waals surface area contributed by atoms with E-state index >= 15 is 0 Å². The maximum absolute atomic E-state index is 14.7. The highest BCUT2D eigenvalue weighted by atomic mass is 31.2. The van der Waals surface area contributed by atoms with Gasteiger partial charge in [0.2, 0.25) is 7.44 Å². The Balaban J connectivity index is 2.25. The van der Waals surface area contributed by atoms with Crippen LogP contribution >= 0.6 is 7.44 Å². The van der Waals surface area contributed by atoms with E-state index in [1.807, 2.05) is 20.8 Å². The molecule has 45 heavy (non-hydrogen) atoms. The van der Waals surface area contributed by atoms with Crippen molar-refractivity contribution in [1.29, 1.82) is 0 Å². The van der Waals surface area contributed by atoms with E-state index in [2.05, 4.69) is 39.0 Å². The SMILES string of the molecule is CCCCCCOC(=O)C(C)(CC)NP(=O)(CO[C@H](C)Cn1cnc2c(N)ncnc21)N[C@@](C)(CC)C(=O)OCCCCCC. The summed E-state index contributed by atoms with van der Waals surface area (Å²) in [5, 5.41) is 6.14. The highest BCUT2D eigenvalue weighted by Crippen LogP contribution is 2.43.